The van der Waals surface area contributed by atoms with Gasteiger partial charge in [-0.1, -0.05) is 6.92 Å². The Morgan fingerprint density at radius 3 is 2.64 bits per heavy atom. The van der Waals surface area contributed by atoms with Gasteiger partial charge in [0.1, 0.15) is 17.3 Å². The van der Waals surface area contributed by atoms with Crippen LogP contribution < -0.4 is 9.47 Å². The Kier molecular flexibility index (Phi) is 4.38. The fourth-order valence-corrected chi connectivity index (χ4v) is 4.46. The Bertz CT molecular complexity index is 900. The third-order valence-electron chi connectivity index (χ3n) is 5.90. The van der Waals surface area contributed by atoms with E-state index in [0.29, 0.717) is 18.1 Å². The average molecular weight is 386 g/mol. The van der Waals surface area contributed by atoms with Crippen LogP contribution in [0.2, 0.25) is 0 Å². The average Bonchev–Trinajstić information content (AvgIpc) is 3.30. The van der Waals surface area contributed by atoms with E-state index < -0.39 is 11.2 Å². The summed E-state index contributed by atoms with van der Waals surface area (Å²) < 4.78 is 23.4. The van der Waals surface area contributed by atoms with E-state index >= 15 is 0 Å². The third-order valence-corrected chi connectivity index (χ3v) is 5.90. The fraction of sp³-hybridized carbons (Fsp3) is 0.524. The van der Waals surface area contributed by atoms with Gasteiger partial charge in [-0.25, -0.2) is 0 Å². The van der Waals surface area contributed by atoms with Crippen molar-refractivity contribution in [3.63, 3.8) is 0 Å². The number of rotatable bonds is 4. The highest BCUT2D eigenvalue weighted by molar-refractivity contribution is 5.56. The lowest BCUT2D eigenvalue weighted by Gasteiger charge is -2.40. The summed E-state index contributed by atoms with van der Waals surface area (Å²) in [5.41, 5.74) is 0.0499. The van der Waals surface area contributed by atoms with Crippen molar-refractivity contribution >= 4 is 0 Å². The predicted molar refractivity (Wildman–Crippen MR) is 101 cm³/mol. The Hall–Kier alpha value is -2.54. The number of allylic oxidation sites excluding steroid dienone is 1. The zero-order valence-electron chi connectivity index (χ0n) is 16.9. The highest BCUT2D eigenvalue weighted by Gasteiger charge is 2.53. The van der Waals surface area contributed by atoms with Gasteiger partial charge in [-0.3, -0.25) is 0 Å². The molecule has 2 heterocycles. The minimum Gasteiger partial charge on any atom is -0.497 e. The summed E-state index contributed by atoms with van der Waals surface area (Å²) >= 11 is 0. The molecule has 3 atom stereocenters. The molecule has 1 aromatic carbocycles. The number of methoxy groups -OCH3 is 2. The molecule has 7 heteroatoms. The van der Waals surface area contributed by atoms with Gasteiger partial charge in [0.15, 0.2) is 5.60 Å². The van der Waals surface area contributed by atoms with Crippen molar-refractivity contribution in [3.8, 4) is 11.5 Å². The number of fused-ring (bicyclic) bond motifs is 1. The number of benzene rings is 1. The molecular formula is C21H26N2O5. The van der Waals surface area contributed by atoms with Crippen LogP contribution in [0.4, 0.5) is 0 Å². The van der Waals surface area contributed by atoms with E-state index in [1.807, 2.05) is 18.2 Å². The second-order valence-electron chi connectivity index (χ2n) is 8.11. The molecule has 0 saturated heterocycles. The van der Waals surface area contributed by atoms with Crippen LogP contribution in [0.1, 0.15) is 50.1 Å². The van der Waals surface area contributed by atoms with Gasteiger partial charge in [-0.15, -0.1) is 10.2 Å². The SMILES string of the molecule is COC1=CC(c2nnco2)CC(C)C12Cc1c(ccc(C(C)(C)O)c1OC)O2. The smallest absolute Gasteiger partial charge is 0.223 e. The summed E-state index contributed by atoms with van der Waals surface area (Å²) in [6, 6.07) is 3.77. The highest BCUT2D eigenvalue weighted by atomic mass is 16.5. The second kappa shape index (κ2) is 6.51. The maximum atomic E-state index is 10.5. The molecule has 0 amide bonds. The van der Waals surface area contributed by atoms with Gasteiger partial charge < -0.3 is 23.7 Å². The number of hydrogen-bond donors (Lipinski definition) is 1. The predicted octanol–water partition coefficient (Wildman–Crippen LogP) is 3.33. The number of aromatic nitrogens is 2. The molecule has 0 bridgehead atoms. The van der Waals surface area contributed by atoms with Crippen LogP contribution in [0.3, 0.4) is 0 Å². The molecule has 0 radical (unpaired) electrons. The van der Waals surface area contributed by atoms with Crippen LogP contribution in [-0.2, 0) is 16.8 Å². The summed E-state index contributed by atoms with van der Waals surface area (Å²) in [6.07, 6.45) is 4.76. The van der Waals surface area contributed by atoms with Gasteiger partial charge in [0.05, 0.1) is 25.7 Å². The van der Waals surface area contributed by atoms with E-state index in [4.69, 9.17) is 18.6 Å². The quantitative estimate of drug-likeness (QED) is 0.862. The Morgan fingerprint density at radius 2 is 2.04 bits per heavy atom. The molecule has 1 aromatic heterocycles. The van der Waals surface area contributed by atoms with Crippen molar-refractivity contribution in [1.29, 1.82) is 0 Å². The minimum atomic E-state index is -1.02. The minimum absolute atomic E-state index is 0.0146. The molecule has 2 aromatic rings. The molecule has 1 aliphatic carbocycles. The monoisotopic (exact) mass is 386 g/mol. The number of hydrogen-bond acceptors (Lipinski definition) is 7. The van der Waals surface area contributed by atoms with E-state index in [2.05, 4.69) is 17.1 Å². The van der Waals surface area contributed by atoms with Crippen LogP contribution in [0.5, 0.6) is 11.5 Å². The van der Waals surface area contributed by atoms with E-state index in [9.17, 15) is 5.11 Å². The summed E-state index contributed by atoms with van der Waals surface area (Å²) in [6.45, 7) is 5.65. The zero-order valence-corrected chi connectivity index (χ0v) is 16.9. The van der Waals surface area contributed by atoms with Crippen molar-refractivity contribution in [2.75, 3.05) is 14.2 Å². The maximum Gasteiger partial charge on any atom is 0.223 e. The Morgan fingerprint density at radius 1 is 1.25 bits per heavy atom. The molecule has 0 saturated carbocycles. The summed E-state index contributed by atoms with van der Waals surface area (Å²) in [7, 11) is 3.28. The van der Waals surface area contributed by atoms with Crippen LogP contribution in [0.15, 0.2) is 34.8 Å². The van der Waals surface area contributed by atoms with E-state index in [1.54, 1.807) is 28.1 Å². The van der Waals surface area contributed by atoms with Gasteiger partial charge in [0.2, 0.25) is 12.3 Å². The summed E-state index contributed by atoms with van der Waals surface area (Å²) in [5, 5.41) is 18.4. The molecule has 1 N–H and O–H groups in total. The van der Waals surface area contributed by atoms with Gasteiger partial charge >= 0.3 is 0 Å². The van der Waals surface area contributed by atoms with Crippen molar-refractivity contribution in [3.05, 3.63) is 47.4 Å². The largest absolute Gasteiger partial charge is 0.497 e. The van der Waals surface area contributed by atoms with Crippen LogP contribution >= 0.6 is 0 Å². The van der Waals surface area contributed by atoms with E-state index in [1.165, 1.54) is 6.39 Å². The molecule has 4 rings (SSSR count). The zero-order chi connectivity index (χ0) is 20.1. The van der Waals surface area contributed by atoms with Gasteiger partial charge in [0.25, 0.3) is 0 Å². The van der Waals surface area contributed by atoms with Gasteiger partial charge in [-0.05, 0) is 38.5 Å². The lowest BCUT2D eigenvalue weighted by atomic mass is 9.73. The fourth-order valence-electron chi connectivity index (χ4n) is 4.46. The summed E-state index contributed by atoms with van der Waals surface area (Å²) in [5.74, 6) is 2.87. The molecule has 0 fully saturated rings. The first kappa shape index (κ1) is 18.8. The normalized spacial score (nSPS) is 26.6. The number of ether oxygens (including phenoxy) is 3. The van der Waals surface area contributed by atoms with Crippen molar-refractivity contribution < 1.29 is 23.7 Å². The van der Waals surface area contributed by atoms with Crippen molar-refractivity contribution in [1.82, 2.24) is 10.2 Å². The standard InChI is InChI=1S/C21H26N2O5/c1-12-8-13(19-23-22-11-27-19)9-17(25-4)21(12)10-14-16(28-21)7-6-15(18(14)26-5)20(2,3)24/h6-7,9,11-13,24H,8,10H2,1-5H3. The number of nitrogens with zero attached hydrogens (tertiary/aromatic N) is 2. The topological polar surface area (TPSA) is 86.8 Å². The van der Waals surface area contributed by atoms with Crippen LogP contribution in [-0.4, -0.2) is 35.1 Å². The molecule has 1 spiro atoms. The van der Waals surface area contributed by atoms with Crippen LogP contribution in [0, 0.1) is 5.92 Å². The van der Waals surface area contributed by atoms with Crippen LogP contribution in [0.25, 0.3) is 0 Å². The second-order valence-corrected chi connectivity index (χ2v) is 8.11. The molecule has 150 valence electrons. The van der Waals surface area contributed by atoms with Crippen molar-refractivity contribution in [2.45, 2.75) is 50.7 Å². The first-order valence-electron chi connectivity index (χ1n) is 9.44. The first-order chi connectivity index (χ1) is 13.3. The van der Waals surface area contributed by atoms with Gasteiger partial charge in [-0.2, -0.15) is 0 Å². The first-order valence-corrected chi connectivity index (χ1v) is 9.44. The van der Waals surface area contributed by atoms with E-state index in [-0.39, 0.29) is 11.8 Å². The Balaban J connectivity index is 1.77. The molecule has 28 heavy (non-hydrogen) atoms. The number of aliphatic hydroxyl groups is 1. The molecule has 3 unspecified atom stereocenters. The molecular weight excluding hydrogens is 360 g/mol. The van der Waals surface area contributed by atoms with Crippen molar-refractivity contribution in [2.24, 2.45) is 5.92 Å². The lowest BCUT2D eigenvalue weighted by molar-refractivity contribution is 0.00471. The van der Waals surface area contributed by atoms with E-state index in [0.717, 1.165) is 29.1 Å². The third kappa shape index (κ3) is 2.76. The summed E-state index contributed by atoms with van der Waals surface area (Å²) in [4.78, 5) is 0. The van der Waals surface area contributed by atoms with Gasteiger partial charge in [0, 0.05) is 23.5 Å². The Labute approximate surface area is 164 Å². The maximum absolute atomic E-state index is 10.5. The molecule has 1 aliphatic heterocycles. The lowest BCUT2D eigenvalue weighted by Crippen LogP contribution is -2.47. The highest BCUT2D eigenvalue weighted by Crippen LogP contribution is 2.53. The molecule has 7 nitrogen and oxygen atoms in total. The molecule has 2 aliphatic rings.